The van der Waals surface area contributed by atoms with Crippen molar-refractivity contribution in [3.8, 4) is 34.7 Å². The number of aromatic nitrogens is 2. The lowest BCUT2D eigenvalue weighted by atomic mass is 9.83. The number of ether oxygens (including phenoxy) is 3. The summed E-state index contributed by atoms with van der Waals surface area (Å²) in [6.07, 6.45) is 0. The summed E-state index contributed by atoms with van der Waals surface area (Å²) in [4.78, 5) is 0. The summed E-state index contributed by atoms with van der Waals surface area (Å²) in [5.74, 6) is 1.12. The van der Waals surface area contributed by atoms with E-state index in [2.05, 4.69) is 16.3 Å². The zero-order valence-electron chi connectivity index (χ0n) is 14.4. The van der Waals surface area contributed by atoms with Crippen LogP contribution < -0.4 is 19.9 Å². The van der Waals surface area contributed by atoms with Gasteiger partial charge in [0.05, 0.1) is 17.2 Å². The van der Waals surface area contributed by atoms with E-state index < -0.39 is 5.92 Å². The van der Waals surface area contributed by atoms with Gasteiger partial charge in [0.15, 0.2) is 11.5 Å². The first-order valence-corrected chi connectivity index (χ1v) is 8.85. The number of fused-ring (bicyclic) bond motifs is 2. The fourth-order valence-corrected chi connectivity index (χ4v) is 3.77. The fraction of sp³-hybridized carbons (Fsp3) is 0.100. The van der Waals surface area contributed by atoms with E-state index in [0.29, 0.717) is 39.2 Å². The molecule has 3 heterocycles. The van der Waals surface area contributed by atoms with Crippen LogP contribution in [0.1, 0.15) is 17.0 Å². The number of aromatic amines is 1. The first-order valence-electron chi connectivity index (χ1n) is 8.47. The molecule has 1 atom stereocenters. The molecule has 138 valence electrons. The van der Waals surface area contributed by atoms with E-state index in [1.165, 1.54) is 0 Å². The Hall–Kier alpha value is -3.63. The van der Waals surface area contributed by atoms with Crippen LogP contribution in [-0.2, 0) is 0 Å². The van der Waals surface area contributed by atoms with E-state index in [1.807, 2.05) is 36.4 Å². The van der Waals surface area contributed by atoms with Crippen molar-refractivity contribution in [2.45, 2.75) is 5.92 Å². The van der Waals surface area contributed by atoms with Crippen LogP contribution in [-0.4, -0.2) is 17.0 Å². The molecule has 3 N–H and O–H groups in total. The number of nitrogens with one attached hydrogen (secondary N) is 1. The molecule has 5 rings (SSSR count). The molecule has 28 heavy (non-hydrogen) atoms. The van der Waals surface area contributed by atoms with Gasteiger partial charge in [0.1, 0.15) is 11.6 Å². The highest BCUT2D eigenvalue weighted by Gasteiger charge is 2.36. The van der Waals surface area contributed by atoms with Gasteiger partial charge in [-0.05, 0) is 23.8 Å². The number of nitrogens with zero attached hydrogens (tertiary/aromatic N) is 2. The molecule has 0 radical (unpaired) electrons. The quantitative estimate of drug-likeness (QED) is 0.689. The Labute approximate surface area is 164 Å². The summed E-state index contributed by atoms with van der Waals surface area (Å²) >= 11 is 6.40. The fourth-order valence-electron chi connectivity index (χ4n) is 3.54. The molecule has 0 saturated heterocycles. The van der Waals surface area contributed by atoms with Crippen LogP contribution in [0.25, 0.3) is 11.3 Å². The lowest BCUT2D eigenvalue weighted by molar-refractivity contribution is 0.174. The maximum absolute atomic E-state index is 9.79. The van der Waals surface area contributed by atoms with Crippen molar-refractivity contribution in [3.05, 3.63) is 70.1 Å². The molecule has 0 fully saturated rings. The van der Waals surface area contributed by atoms with Gasteiger partial charge in [0, 0.05) is 10.6 Å². The van der Waals surface area contributed by atoms with Crippen LogP contribution in [0.15, 0.2) is 53.9 Å². The summed E-state index contributed by atoms with van der Waals surface area (Å²) in [6, 6.07) is 15.1. The molecule has 3 aromatic rings. The number of halogens is 1. The molecule has 1 aromatic heterocycles. The molecule has 2 aliphatic heterocycles. The minimum absolute atomic E-state index is 0.0230. The molecule has 0 bridgehead atoms. The Bertz CT molecular complexity index is 1180. The van der Waals surface area contributed by atoms with Gasteiger partial charge in [0.25, 0.3) is 0 Å². The Morgan fingerprint density at radius 3 is 2.82 bits per heavy atom. The third-order valence-electron chi connectivity index (χ3n) is 4.81. The van der Waals surface area contributed by atoms with Crippen molar-refractivity contribution in [2.24, 2.45) is 5.73 Å². The Kier molecular flexibility index (Phi) is 3.67. The van der Waals surface area contributed by atoms with Gasteiger partial charge in [-0.25, -0.2) is 0 Å². The Balaban J connectivity index is 1.74. The molecule has 2 aromatic carbocycles. The van der Waals surface area contributed by atoms with E-state index in [9.17, 15) is 5.26 Å². The molecule has 0 spiro atoms. The third kappa shape index (κ3) is 2.39. The minimum atomic E-state index is -0.492. The van der Waals surface area contributed by atoms with Crippen LogP contribution in [0, 0.1) is 11.3 Å². The number of H-pyrrole nitrogens is 1. The average molecular weight is 393 g/mol. The molecule has 2 aliphatic rings. The summed E-state index contributed by atoms with van der Waals surface area (Å²) in [7, 11) is 0. The van der Waals surface area contributed by atoms with Gasteiger partial charge >= 0.3 is 0 Å². The van der Waals surface area contributed by atoms with Crippen molar-refractivity contribution >= 4 is 11.6 Å². The van der Waals surface area contributed by atoms with Crippen molar-refractivity contribution in [3.63, 3.8) is 0 Å². The maximum Gasteiger partial charge on any atom is 0.244 e. The van der Waals surface area contributed by atoms with Crippen LogP contribution in [0.2, 0.25) is 5.02 Å². The van der Waals surface area contributed by atoms with Gasteiger partial charge in [-0.15, -0.1) is 5.10 Å². The number of rotatable bonds is 2. The SMILES string of the molecule is N#CC1=C(N)Oc2n[nH]c(-c3ccccc3Cl)c2C1c1ccc2c(c1)OCO2. The Morgan fingerprint density at radius 2 is 2.00 bits per heavy atom. The summed E-state index contributed by atoms with van der Waals surface area (Å²) in [5, 5.41) is 17.6. The second kappa shape index (κ2) is 6.22. The maximum atomic E-state index is 9.79. The van der Waals surface area contributed by atoms with Gasteiger partial charge < -0.3 is 19.9 Å². The van der Waals surface area contributed by atoms with Crippen LogP contribution in [0.5, 0.6) is 17.4 Å². The van der Waals surface area contributed by atoms with E-state index >= 15 is 0 Å². The second-order valence-corrected chi connectivity index (χ2v) is 6.74. The molecular weight excluding hydrogens is 380 g/mol. The van der Waals surface area contributed by atoms with Crippen molar-refractivity contribution in [1.82, 2.24) is 10.2 Å². The monoisotopic (exact) mass is 392 g/mol. The highest BCUT2D eigenvalue weighted by Crippen LogP contribution is 2.48. The van der Waals surface area contributed by atoms with Gasteiger partial charge in [-0.3, -0.25) is 5.10 Å². The van der Waals surface area contributed by atoms with E-state index in [4.69, 9.17) is 31.5 Å². The minimum Gasteiger partial charge on any atom is -0.454 e. The zero-order valence-corrected chi connectivity index (χ0v) is 15.2. The van der Waals surface area contributed by atoms with E-state index in [-0.39, 0.29) is 12.7 Å². The number of nitriles is 1. The largest absolute Gasteiger partial charge is 0.454 e. The summed E-state index contributed by atoms with van der Waals surface area (Å²) in [5.41, 5.74) is 9.24. The predicted octanol–water partition coefficient (Wildman–Crippen LogP) is 3.68. The normalized spacial score (nSPS) is 17.1. The Morgan fingerprint density at radius 1 is 1.18 bits per heavy atom. The molecule has 0 amide bonds. The summed E-state index contributed by atoms with van der Waals surface area (Å²) in [6.45, 7) is 0.164. The number of allylic oxidation sites excluding steroid dienone is 1. The number of hydrogen-bond acceptors (Lipinski definition) is 6. The van der Waals surface area contributed by atoms with E-state index in [0.717, 1.165) is 11.1 Å². The topological polar surface area (TPSA) is 106 Å². The van der Waals surface area contributed by atoms with Gasteiger partial charge in [0.2, 0.25) is 18.6 Å². The van der Waals surface area contributed by atoms with Crippen molar-refractivity contribution < 1.29 is 14.2 Å². The predicted molar refractivity (Wildman–Crippen MR) is 101 cm³/mol. The lowest BCUT2D eigenvalue weighted by Crippen LogP contribution is -2.21. The molecule has 8 heteroatoms. The molecule has 0 aliphatic carbocycles. The number of benzene rings is 2. The third-order valence-corrected chi connectivity index (χ3v) is 5.14. The van der Waals surface area contributed by atoms with Crippen molar-refractivity contribution in [1.29, 1.82) is 5.26 Å². The molecule has 0 saturated carbocycles. The van der Waals surface area contributed by atoms with Crippen LogP contribution >= 0.6 is 11.6 Å². The van der Waals surface area contributed by atoms with Crippen LogP contribution in [0.3, 0.4) is 0 Å². The van der Waals surface area contributed by atoms with E-state index in [1.54, 1.807) is 6.07 Å². The molecular formula is C20H13ClN4O3. The number of hydrogen-bond donors (Lipinski definition) is 2. The van der Waals surface area contributed by atoms with Gasteiger partial charge in [-0.2, -0.15) is 5.26 Å². The first kappa shape index (κ1) is 16.5. The lowest BCUT2D eigenvalue weighted by Gasteiger charge is -2.24. The van der Waals surface area contributed by atoms with Gasteiger partial charge in [-0.1, -0.05) is 35.9 Å². The molecule has 7 nitrogen and oxygen atoms in total. The highest BCUT2D eigenvalue weighted by molar-refractivity contribution is 6.33. The highest BCUT2D eigenvalue weighted by atomic mass is 35.5. The summed E-state index contributed by atoms with van der Waals surface area (Å²) < 4.78 is 16.5. The standard InChI is InChI=1S/C20H13ClN4O3/c21-13-4-2-1-3-11(13)18-17-16(10-5-6-14-15(7-10)27-9-26-14)12(8-22)19(23)28-20(17)25-24-18/h1-7,16H,9,23H2,(H,24,25). The first-order chi connectivity index (χ1) is 13.7. The molecule has 1 unspecified atom stereocenters. The number of nitrogens with two attached hydrogens (primary N) is 1. The van der Waals surface area contributed by atoms with Crippen LogP contribution in [0.4, 0.5) is 0 Å². The second-order valence-electron chi connectivity index (χ2n) is 6.33. The zero-order chi connectivity index (χ0) is 19.3. The average Bonchev–Trinajstić information content (AvgIpc) is 3.33. The van der Waals surface area contributed by atoms with Crippen molar-refractivity contribution in [2.75, 3.05) is 6.79 Å². The smallest absolute Gasteiger partial charge is 0.244 e.